The largest absolute Gasteiger partial charge is 0.497 e. The molecule has 0 radical (unpaired) electrons. The van der Waals surface area contributed by atoms with Crippen LogP contribution in [0.15, 0.2) is 48.5 Å². The van der Waals surface area contributed by atoms with Gasteiger partial charge in [0.2, 0.25) is 0 Å². The number of hydrogen-bond donors (Lipinski definition) is 1. The molecule has 1 N–H and O–H groups in total. The summed E-state index contributed by atoms with van der Waals surface area (Å²) in [5, 5.41) is 10.1. The van der Waals surface area contributed by atoms with E-state index in [0.29, 0.717) is 22.6 Å². The summed E-state index contributed by atoms with van der Waals surface area (Å²) in [5.41, 5.74) is 1.17. The lowest BCUT2D eigenvalue weighted by atomic mass is 10.1. The van der Waals surface area contributed by atoms with Gasteiger partial charge in [-0.1, -0.05) is 24.3 Å². The number of para-hydroxylation sites is 1. The lowest BCUT2D eigenvalue weighted by Gasteiger charge is -2.14. The Bertz CT molecular complexity index is 580. The molecule has 20 heavy (non-hydrogen) atoms. The zero-order chi connectivity index (χ0) is 14.4. The van der Waals surface area contributed by atoms with Crippen molar-refractivity contribution in [3.05, 3.63) is 59.7 Å². The fourth-order valence-electron chi connectivity index (χ4n) is 1.82. The van der Waals surface area contributed by atoms with Crippen LogP contribution in [0.4, 0.5) is 0 Å². The van der Waals surface area contributed by atoms with Gasteiger partial charge in [-0.15, -0.1) is 0 Å². The molecular weight excluding hydrogens is 256 g/mol. The molecule has 0 saturated carbocycles. The van der Waals surface area contributed by atoms with Gasteiger partial charge in [0.25, 0.3) is 0 Å². The topological polar surface area (TPSA) is 55.8 Å². The molecule has 104 valence electrons. The number of aliphatic hydroxyl groups excluding tert-OH is 1. The van der Waals surface area contributed by atoms with E-state index in [4.69, 9.17) is 9.47 Å². The summed E-state index contributed by atoms with van der Waals surface area (Å²) in [4.78, 5) is 10.9. The third kappa shape index (κ3) is 3.36. The van der Waals surface area contributed by atoms with Crippen molar-refractivity contribution in [1.82, 2.24) is 0 Å². The van der Waals surface area contributed by atoms with Crippen molar-refractivity contribution in [2.24, 2.45) is 0 Å². The van der Waals surface area contributed by atoms with Crippen molar-refractivity contribution in [2.45, 2.75) is 6.10 Å². The predicted molar refractivity (Wildman–Crippen MR) is 75.3 cm³/mol. The van der Waals surface area contributed by atoms with Gasteiger partial charge in [-0.25, -0.2) is 0 Å². The van der Waals surface area contributed by atoms with Gasteiger partial charge < -0.3 is 14.6 Å². The van der Waals surface area contributed by atoms with Gasteiger partial charge in [-0.2, -0.15) is 0 Å². The van der Waals surface area contributed by atoms with E-state index < -0.39 is 6.10 Å². The average molecular weight is 272 g/mol. The van der Waals surface area contributed by atoms with Crippen LogP contribution in [0.5, 0.6) is 11.5 Å². The van der Waals surface area contributed by atoms with Crippen LogP contribution in [-0.4, -0.2) is 25.1 Å². The lowest BCUT2D eigenvalue weighted by Crippen LogP contribution is -2.10. The van der Waals surface area contributed by atoms with Gasteiger partial charge in [0.1, 0.15) is 24.2 Å². The van der Waals surface area contributed by atoms with Gasteiger partial charge >= 0.3 is 0 Å². The molecule has 2 aromatic carbocycles. The molecule has 0 aliphatic rings. The maximum atomic E-state index is 10.9. The highest BCUT2D eigenvalue weighted by Crippen LogP contribution is 2.21. The van der Waals surface area contributed by atoms with Crippen LogP contribution < -0.4 is 9.47 Å². The van der Waals surface area contributed by atoms with Crippen molar-refractivity contribution < 1.29 is 19.4 Å². The summed E-state index contributed by atoms with van der Waals surface area (Å²) in [5.74, 6) is 1.14. The van der Waals surface area contributed by atoms with Gasteiger partial charge in [-0.3, -0.25) is 4.79 Å². The second kappa shape index (κ2) is 6.73. The summed E-state index contributed by atoms with van der Waals surface area (Å²) in [6.07, 6.45) is -0.0578. The normalized spacial score (nSPS) is 11.7. The smallest absolute Gasteiger partial charge is 0.153 e. The molecule has 0 spiro atoms. The van der Waals surface area contributed by atoms with Gasteiger partial charge in [0, 0.05) is 0 Å². The first kappa shape index (κ1) is 14.1. The molecule has 0 aliphatic carbocycles. The van der Waals surface area contributed by atoms with E-state index >= 15 is 0 Å². The van der Waals surface area contributed by atoms with Gasteiger partial charge in [0.05, 0.1) is 12.7 Å². The maximum absolute atomic E-state index is 10.9. The minimum Gasteiger partial charge on any atom is -0.497 e. The van der Waals surface area contributed by atoms with E-state index in [-0.39, 0.29) is 6.61 Å². The van der Waals surface area contributed by atoms with Crippen LogP contribution in [0.25, 0.3) is 0 Å². The number of aldehydes is 1. The minimum absolute atomic E-state index is 0.0675. The number of rotatable bonds is 6. The first-order chi connectivity index (χ1) is 9.74. The zero-order valence-corrected chi connectivity index (χ0v) is 11.2. The molecule has 0 bridgehead atoms. The Labute approximate surface area is 117 Å². The third-order valence-corrected chi connectivity index (χ3v) is 2.92. The van der Waals surface area contributed by atoms with E-state index in [1.165, 1.54) is 0 Å². The van der Waals surface area contributed by atoms with Crippen LogP contribution in [0, 0.1) is 0 Å². The fourth-order valence-corrected chi connectivity index (χ4v) is 1.82. The highest BCUT2D eigenvalue weighted by atomic mass is 16.5. The molecule has 0 amide bonds. The van der Waals surface area contributed by atoms with Crippen molar-refractivity contribution in [3.63, 3.8) is 0 Å². The van der Waals surface area contributed by atoms with Gasteiger partial charge in [-0.05, 0) is 29.8 Å². The summed E-state index contributed by atoms with van der Waals surface area (Å²) < 4.78 is 10.6. The van der Waals surface area contributed by atoms with Crippen LogP contribution in [-0.2, 0) is 0 Å². The van der Waals surface area contributed by atoms with Crippen LogP contribution in [0.2, 0.25) is 0 Å². The highest BCUT2D eigenvalue weighted by molar-refractivity contribution is 5.79. The minimum atomic E-state index is -0.787. The average Bonchev–Trinajstić information content (AvgIpc) is 2.52. The van der Waals surface area contributed by atoms with Crippen molar-refractivity contribution in [3.8, 4) is 11.5 Å². The number of aliphatic hydroxyl groups is 1. The number of methoxy groups -OCH3 is 1. The van der Waals surface area contributed by atoms with Crippen LogP contribution in [0.3, 0.4) is 0 Å². The van der Waals surface area contributed by atoms with Crippen LogP contribution >= 0.6 is 0 Å². The Morgan fingerprint density at radius 1 is 1.20 bits per heavy atom. The summed E-state index contributed by atoms with van der Waals surface area (Å²) in [6, 6.07) is 14.1. The second-order valence-electron chi connectivity index (χ2n) is 4.26. The third-order valence-electron chi connectivity index (χ3n) is 2.92. The molecule has 2 aromatic rings. The number of benzene rings is 2. The molecule has 0 fully saturated rings. The number of hydrogen-bond acceptors (Lipinski definition) is 4. The molecule has 1 unspecified atom stereocenters. The number of ether oxygens (including phenoxy) is 2. The first-order valence-corrected chi connectivity index (χ1v) is 6.23. The SMILES string of the molecule is COc1cccc(C(O)COc2ccccc2C=O)c1. The number of carbonyl (C=O) groups is 1. The molecular formula is C16H16O4. The predicted octanol–water partition coefficient (Wildman–Crippen LogP) is 2.62. The van der Waals surface area contributed by atoms with E-state index in [9.17, 15) is 9.90 Å². The van der Waals surface area contributed by atoms with Crippen molar-refractivity contribution in [2.75, 3.05) is 13.7 Å². The van der Waals surface area contributed by atoms with E-state index in [0.717, 1.165) is 6.29 Å². The molecule has 0 aromatic heterocycles. The van der Waals surface area contributed by atoms with Crippen molar-refractivity contribution in [1.29, 1.82) is 0 Å². The summed E-state index contributed by atoms with van der Waals surface area (Å²) >= 11 is 0. The Kier molecular flexibility index (Phi) is 4.74. The monoisotopic (exact) mass is 272 g/mol. The molecule has 2 rings (SSSR count). The standard InChI is InChI=1S/C16H16O4/c1-19-14-7-4-6-12(9-14)15(18)11-20-16-8-3-2-5-13(16)10-17/h2-10,15,18H,11H2,1H3. The Hall–Kier alpha value is -2.33. The number of carbonyl (C=O) groups excluding carboxylic acids is 1. The Balaban J connectivity index is 2.04. The second-order valence-corrected chi connectivity index (χ2v) is 4.26. The lowest BCUT2D eigenvalue weighted by molar-refractivity contribution is 0.104. The van der Waals surface area contributed by atoms with E-state index in [1.54, 1.807) is 55.6 Å². The summed E-state index contributed by atoms with van der Waals surface area (Å²) in [7, 11) is 1.57. The molecule has 0 heterocycles. The quantitative estimate of drug-likeness (QED) is 0.821. The Morgan fingerprint density at radius 3 is 2.75 bits per heavy atom. The highest BCUT2D eigenvalue weighted by Gasteiger charge is 2.10. The molecule has 1 atom stereocenters. The molecule has 4 heteroatoms. The maximum Gasteiger partial charge on any atom is 0.153 e. The van der Waals surface area contributed by atoms with E-state index in [1.807, 2.05) is 0 Å². The fraction of sp³-hybridized carbons (Fsp3) is 0.188. The molecule has 0 saturated heterocycles. The molecule has 4 nitrogen and oxygen atoms in total. The first-order valence-electron chi connectivity index (χ1n) is 6.23. The Morgan fingerprint density at radius 2 is 2.00 bits per heavy atom. The van der Waals surface area contributed by atoms with Crippen molar-refractivity contribution >= 4 is 6.29 Å². The van der Waals surface area contributed by atoms with Crippen LogP contribution in [0.1, 0.15) is 22.0 Å². The van der Waals surface area contributed by atoms with E-state index in [2.05, 4.69) is 0 Å². The zero-order valence-electron chi connectivity index (χ0n) is 11.2. The summed E-state index contributed by atoms with van der Waals surface area (Å²) in [6.45, 7) is 0.0675. The molecule has 0 aliphatic heterocycles. The van der Waals surface area contributed by atoms with Gasteiger partial charge in [0.15, 0.2) is 6.29 Å².